The van der Waals surface area contributed by atoms with Gasteiger partial charge in [-0.2, -0.15) is 0 Å². The van der Waals surface area contributed by atoms with Crippen LogP contribution in [0.25, 0.3) is 0 Å². The molecule has 1 aromatic heterocycles. The van der Waals surface area contributed by atoms with Crippen LogP contribution in [0.5, 0.6) is 0 Å². The van der Waals surface area contributed by atoms with Crippen LogP contribution in [-0.2, 0) is 19.3 Å². The maximum Gasteiger partial charge on any atom is 0.254 e. The highest BCUT2D eigenvalue weighted by Gasteiger charge is 2.14. The van der Waals surface area contributed by atoms with Gasteiger partial charge in [-0.1, -0.05) is 18.6 Å². The lowest BCUT2D eigenvalue weighted by Crippen LogP contribution is -2.19. The fraction of sp³-hybridized carbons (Fsp3) is 0.375. The minimum atomic E-state index is -0.264. The van der Waals surface area contributed by atoms with E-state index in [1.165, 1.54) is 12.1 Å². The Balaban J connectivity index is 1.93. The number of hydrogen-bond acceptors (Lipinski definition) is 2. The molecule has 3 nitrogen and oxygen atoms in total. The van der Waals surface area contributed by atoms with E-state index >= 15 is 0 Å². The number of aryl methyl sites for hydroxylation is 1. The molecule has 0 fully saturated rings. The van der Waals surface area contributed by atoms with Crippen LogP contribution in [0.3, 0.4) is 0 Å². The van der Waals surface area contributed by atoms with Crippen molar-refractivity contribution < 1.29 is 4.39 Å². The summed E-state index contributed by atoms with van der Waals surface area (Å²) >= 11 is 0. The molecule has 4 heteroatoms. The number of aromatic amines is 1. The average molecular weight is 272 g/mol. The number of nitrogens with zero attached hydrogens (tertiary/aromatic N) is 1. The summed E-state index contributed by atoms with van der Waals surface area (Å²) in [5.74, 6) is 0.362. The fourth-order valence-corrected chi connectivity index (χ4v) is 2.76. The van der Waals surface area contributed by atoms with Gasteiger partial charge in [-0.25, -0.2) is 9.37 Å². The quantitative estimate of drug-likeness (QED) is 0.854. The maximum absolute atomic E-state index is 13.2. The molecule has 0 aliphatic heterocycles. The Bertz CT molecular complexity index is 678. The first-order chi connectivity index (χ1) is 9.72. The summed E-state index contributed by atoms with van der Waals surface area (Å²) in [5.41, 5.74) is 2.56. The Hall–Kier alpha value is -1.97. The second kappa shape index (κ2) is 5.57. The number of aromatic nitrogens is 2. The standard InChI is InChI=1S/C16H17FN2O/c17-12-6-4-5-11(9-12)10-15-18-14-8-3-1-2-7-13(14)16(20)19-15/h4-6,9H,1-3,7-8,10H2,(H,18,19,20). The average Bonchev–Trinajstić information content (AvgIpc) is 2.64. The molecule has 0 atom stereocenters. The predicted molar refractivity (Wildman–Crippen MR) is 75.3 cm³/mol. The number of halogens is 1. The highest BCUT2D eigenvalue weighted by molar-refractivity contribution is 5.24. The molecular weight excluding hydrogens is 255 g/mol. The molecule has 0 spiro atoms. The van der Waals surface area contributed by atoms with Gasteiger partial charge >= 0.3 is 0 Å². The largest absolute Gasteiger partial charge is 0.310 e. The van der Waals surface area contributed by atoms with Gasteiger partial charge in [0.1, 0.15) is 11.6 Å². The lowest BCUT2D eigenvalue weighted by molar-refractivity contribution is 0.625. The highest BCUT2D eigenvalue weighted by atomic mass is 19.1. The van der Waals surface area contributed by atoms with Gasteiger partial charge in [-0.05, 0) is 43.4 Å². The third kappa shape index (κ3) is 2.79. The molecule has 1 heterocycles. The van der Waals surface area contributed by atoms with Crippen LogP contribution in [0, 0.1) is 5.82 Å². The highest BCUT2D eigenvalue weighted by Crippen LogP contribution is 2.16. The van der Waals surface area contributed by atoms with Crippen LogP contribution in [0.15, 0.2) is 29.1 Å². The lowest BCUT2D eigenvalue weighted by Gasteiger charge is -2.07. The molecule has 0 radical (unpaired) electrons. The normalized spacial score (nSPS) is 14.7. The number of rotatable bonds is 2. The Labute approximate surface area is 116 Å². The molecule has 1 aromatic carbocycles. The first-order valence-corrected chi connectivity index (χ1v) is 7.08. The molecular formula is C16H17FN2O. The van der Waals surface area contributed by atoms with Gasteiger partial charge in [-0.15, -0.1) is 0 Å². The molecule has 0 saturated heterocycles. The number of nitrogens with one attached hydrogen (secondary N) is 1. The smallest absolute Gasteiger partial charge is 0.254 e. The van der Waals surface area contributed by atoms with Crippen LogP contribution in [0.4, 0.5) is 4.39 Å². The van der Waals surface area contributed by atoms with Gasteiger partial charge in [0, 0.05) is 12.0 Å². The third-order valence-corrected chi connectivity index (χ3v) is 3.75. The van der Waals surface area contributed by atoms with Gasteiger partial charge in [0.2, 0.25) is 0 Å². The zero-order valence-electron chi connectivity index (χ0n) is 11.3. The van der Waals surface area contributed by atoms with Gasteiger partial charge in [0.05, 0.1) is 5.69 Å². The summed E-state index contributed by atoms with van der Waals surface area (Å²) in [4.78, 5) is 19.5. The molecule has 3 rings (SSSR count). The van der Waals surface area contributed by atoms with Crippen LogP contribution in [0.1, 0.15) is 41.9 Å². The molecule has 1 aliphatic rings. The number of benzene rings is 1. The van der Waals surface area contributed by atoms with E-state index in [4.69, 9.17) is 0 Å². The van der Waals surface area contributed by atoms with Crippen molar-refractivity contribution in [3.63, 3.8) is 0 Å². The second-order valence-electron chi connectivity index (χ2n) is 5.31. The third-order valence-electron chi connectivity index (χ3n) is 3.75. The predicted octanol–water partition coefficient (Wildman–Crippen LogP) is 2.77. The van der Waals surface area contributed by atoms with Crippen molar-refractivity contribution in [2.24, 2.45) is 0 Å². The van der Waals surface area contributed by atoms with Crippen molar-refractivity contribution in [1.82, 2.24) is 9.97 Å². The molecule has 0 bridgehead atoms. The molecule has 104 valence electrons. The van der Waals surface area contributed by atoms with E-state index in [0.29, 0.717) is 12.2 Å². The molecule has 1 N–H and O–H groups in total. The summed E-state index contributed by atoms with van der Waals surface area (Å²) in [6.07, 6.45) is 5.44. The van der Waals surface area contributed by atoms with E-state index in [1.807, 2.05) is 6.07 Å². The summed E-state index contributed by atoms with van der Waals surface area (Å²) in [5, 5.41) is 0. The van der Waals surface area contributed by atoms with E-state index in [0.717, 1.165) is 48.9 Å². The van der Waals surface area contributed by atoms with Gasteiger partial charge in [-0.3, -0.25) is 4.79 Å². The van der Waals surface area contributed by atoms with E-state index in [2.05, 4.69) is 9.97 Å². The first-order valence-electron chi connectivity index (χ1n) is 7.08. The maximum atomic E-state index is 13.2. The zero-order chi connectivity index (χ0) is 13.9. The van der Waals surface area contributed by atoms with Crippen molar-refractivity contribution in [2.75, 3.05) is 0 Å². The van der Waals surface area contributed by atoms with E-state index in [9.17, 15) is 9.18 Å². The Morgan fingerprint density at radius 3 is 2.90 bits per heavy atom. The molecule has 0 saturated carbocycles. The Morgan fingerprint density at radius 2 is 2.05 bits per heavy atom. The summed E-state index contributed by atoms with van der Waals surface area (Å²) < 4.78 is 13.2. The van der Waals surface area contributed by atoms with Gasteiger partial charge in [0.25, 0.3) is 5.56 Å². The van der Waals surface area contributed by atoms with Crippen LogP contribution >= 0.6 is 0 Å². The Kier molecular flexibility index (Phi) is 3.63. The summed E-state index contributed by atoms with van der Waals surface area (Å²) in [6, 6.07) is 6.41. The lowest BCUT2D eigenvalue weighted by atomic mass is 10.1. The van der Waals surface area contributed by atoms with Crippen LogP contribution < -0.4 is 5.56 Å². The van der Waals surface area contributed by atoms with Crippen molar-refractivity contribution >= 4 is 0 Å². The first kappa shape index (κ1) is 13.0. The Morgan fingerprint density at radius 1 is 1.20 bits per heavy atom. The molecule has 20 heavy (non-hydrogen) atoms. The summed E-state index contributed by atoms with van der Waals surface area (Å²) in [7, 11) is 0. The minimum Gasteiger partial charge on any atom is -0.310 e. The van der Waals surface area contributed by atoms with Crippen molar-refractivity contribution in [3.8, 4) is 0 Å². The SMILES string of the molecule is O=c1[nH]c(Cc2cccc(F)c2)nc2c1CCCCC2. The number of fused-ring (bicyclic) bond motifs is 1. The summed E-state index contributed by atoms with van der Waals surface area (Å²) in [6.45, 7) is 0. The van der Waals surface area contributed by atoms with Crippen molar-refractivity contribution in [3.05, 3.63) is 63.1 Å². The monoisotopic (exact) mass is 272 g/mol. The van der Waals surface area contributed by atoms with Crippen molar-refractivity contribution in [1.29, 1.82) is 0 Å². The number of hydrogen-bond donors (Lipinski definition) is 1. The van der Waals surface area contributed by atoms with E-state index in [-0.39, 0.29) is 11.4 Å². The van der Waals surface area contributed by atoms with E-state index in [1.54, 1.807) is 6.07 Å². The molecule has 1 aliphatic carbocycles. The van der Waals surface area contributed by atoms with E-state index < -0.39 is 0 Å². The number of H-pyrrole nitrogens is 1. The van der Waals surface area contributed by atoms with Gasteiger partial charge < -0.3 is 4.98 Å². The molecule has 2 aromatic rings. The van der Waals surface area contributed by atoms with Crippen molar-refractivity contribution in [2.45, 2.75) is 38.5 Å². The van der Waals surface area contributed by atoms with Crippen LogP contribution in [0.2, 0.25) is 0 Å². The zero-order valence-corrected chi connectivity index (χ0v) is 11.3. The van der Waals surface area contributed by atoms with Crippen LogP contribution in [-0.4, -0.2) is 9.97 Å². The fourth-order valence-electron chi connectivity index (χ4n) is 2.76. The minimum absolute atomic E-state index is 0.0247. The topological polar surface area (TPSA) is 45.8 Å². The second-order valence-corrected chi connectivity index (χ2v) is 5.31. The molecule has 0 amide bonds. The van der Waals surface area contributed by atoms with Gasteiger partial charge in [0.15, 0.2) is 0 Å². The molecule has 0 unspecified atom stereocenters.